The summed E-state index contributed by atoms with van der Waals surface area (Å²) >= 11 is 0. The minimum atomic E-state index is 0.0868. The molecule has 0 amide bonds. The maximum Gasteiger partial charge on any atom is 0.0682 e. The van der Waals surface area contributed by atoms with Crippen LogP contribution in [0.4, 0.5) is 0 Å². The second-order valence-corrected chi connectivity index (χ2v) is 6.27. The van der Waals surface area contributed by atoms with Crippen LogP contribution in [-0.2, 0) is 19.6 Å². The molecule has 120 valence electrons. The van der Waals surface area contributed by atoms with Gasteiger partial charge in [-0.3, -0.25) is 0 Å². The summed E-state index contributed by atoms with van der Waals surface area (Å²) in [4.78, 5) is 0. The Bertz CT molecular complexity index is 969. The number of hydrogen-bond acceptors (Lipinski definition) is 1. The summed E-state index contributed by atoms with van der Waals surface area (Å²) in [5.74, 6) is 0. The van der Waals surface area contributed by atoms with Crippen LogP contribution in [-0.4, -0.2) is 9.67 Å². The van der Waals surface area contributed by atoms with Crippen molar-refractivity contribution in [1.82, 2.24) is 4.57 Å². The number of para-hydroxylation sites is 1. The third-order valence-electron chi connectivity index (χ3n) is 4.71. The van der Waals surface area contributed by atoms with E-state index in [1.54, 1.807) is 0 Å². The Labute approximate surface area is 142 Å². The van der Waals surface area contributed by atoms with Crippen LogP contribution in [0, 0.1) is 0 Å². The Morgan fingerprint density at radius 1 is 0.708 bits per heavy atom. The minimum absolute atomic E-state index is 0.0868. The summed E-state index contributed by atoms with van der Waals surface area (Å²) in [6.45, 7) is 1.08. The quantitative estimate of drug-likeness (QED) is 0.555. The number of hydrogen-bond donors (Lipinski definition) is 1. The van der Waals surface area contributed by atoms with Crippen LogP contribution in [0.15, 0.2) is 72.8 Å². The van der Waals surface area contributed by atoms with Crippen LogP contribution >= 0.6 is 0 Å². The first kappa shape index (κ1) is 15.0. The molecular weight excluding hydrogens is 294 g/mol. The number of nitrogens with zero attached hydrogens (tertiary/aromatic N) is 1. The fourth-order valence-electron chi connectivity index (χ4n) is 3.53. The number of fused-ring (bicyclic) bond motifs is 3. The highest BCUT2D eigenvalue weighted by Crippen LogP contribution is 2.30. The highest BCUT2D eigenvalue weighted by Gasteiger charge is 2.10. The van der Waals surface area contributed by atoms with E-state index in [1.165, 1.54) is 27.4 Å². The molecule has 0 aliphatic rings. The van der Waals surface area contributed by atoms with Crippen LogP contribution in [0.5, 0.6) is 0 Å². The fraction of sp³-hybridized carbons (Fsp3) is 0.182. The van der Waals surface area contributed by atoms with E-state index in [0.717, 1.165) is 24.9 Å². The lowest BCUT2D eigenvalue weighted by Gasteiger charge is -2.08. The summed E-state index contributed by atoms with van der Waals surface area (Å²) in [5.41, 5.74) is 4.88. The van der Waals surface area contributed by atoms with Crippen LogP contribution < -0.4 is 0 Å². The van der Waals surface area contributed by atoms with E-state index in [1.807, 2.05) is 6.07 Å². The molecule has 3 aromatic carbocycles. The largest absolute Gasteiger partial charge is 0.392 e. The topological polar surface area (TPSA) is 25.2 Å². The maximum absolute atomic E-state index is 9.44. The van der Waals surface area contributed by atoms with Crippen molar-refractivity contribution in [2.24, 2.45) is 0 Å². The number of aliphatic hydroxyl groups excluding tert-OH is 1. The zero-order valence-corrected chi connectivity index (χ0v) is 13.7. The zero-order valence-electron chi connectivity index (χ0n) is 13.7. The van der Waals surface area contributed by atoms with E-state index in [0.29, 0.717) is 0 Å². The third-order valence-corrected chi connectivity index (χ3v) is 4.71. The van der Waals surface area contributed by atoms with E-state index in [4.69, 9.17) is 0 Å². The highest BCUT2D eigenvalue weighted by molar-refractivity contribution is 6.08. The van der Waals surface area contributed by atoms with Crippen molar-refractivity contribution in [2.75, 3.05) is 0 Å². The Morgan fingerprint density at radius 2 is 1.46 bits per heavy atom. The van der Waals surface area contributed by atoms with Gasteiger partial charge in [0.2, 0.25) is 0 Å². The molecule has 0 radical (unpaired) electrons. The number of aromatic nitrogens is 1. The summed E-state index contributed by atoms with van der Waals surface area (Å²) in [6.07, 6.45) is 2.20. The molecule has 24 heavy (non-hydrogen) atoms. The molecule has 1 aromatic heterocycles. The van der Waals surface area contributed by atoms with Gasteiger partial charge in [-0.2, -0.15) is 0 Å². The van der Waals surface area contributed by atoms with Gasteiger partial charge < -0.3 is 9.67 Å². The minimum Gasteiger partial charge on any atom is -0.392 e. The molecule has 0 aliphatic carbocycles. The average Bonchev–Trinajstić information content (AvgIpc) is 2.96. The van der Waals surface area contributed by atoms with Gasteiger partial charge in [-0.05, 0) is 42.2 Å². The Balaban J connectivity index is 1.70. The summed E-state index contributed by atoms with van der Waals surface area (Å²) in [6, 6.07) is 25.5. The van der Waals surface area contributed by atoms with E-state index in [9.17, 15) is 5.11 Å². The molecule has 0 atom stereocenters. The first-order valence-electron chi connectivity index (χ1n) is 8.51. The molecule has 0 bridgehead atoms. The van der Waals surface area contributed by atoms with Gasteiger partial charge >= 0.3 is 0 Å². The predicted octanol–water partition coefficient (Wildman–Crippen LogP) is 4.92. The first-order valence-corrected chi connectivity index (χ1v) is 8.51. The van der Waals surface area contributed by atoms with Gasteiger partial charge in [0, 0.05) is 28.4 Å². The Hall–Kier alpha value is -2.58. The molecule has 4 rings (SSSR count). The van der Waals surface area contributed by atoms with Crippen molar-refractivity contribution in [3.05, 3.63) is 83.9 Å². The van der Waals surface area contributed by atoms with E-state index >= 15 is 0 Å². The smallest absolute Gasteiger partial charge is 0.0682 e. The normalized spacial score (nSPS) is 11.4. The molecular formula is C22H21NO. The lowest BCUT2D eigenvalue weighted by molar-refractivity contribution is 0.282. The highest BCUT2D eigenvalue weighted by atomic mass is 16.3. The van der Waals surface area contributed by atoms with Crippen LogP contribution in [0.1, 0.15) is 17.5 Å². The first-order chi connectivity index (χ1) is 11.9. The van der Waals surface area contributed by atoms with Gasteiger partial charge in [-0.15, -0.1) is 0 Å². The van der Waals surface area contributed by atoms with Crippen LogP contribution in [0.2, 0.25) is 0 Å². The molecule has 1 heterocycles. The lowest BCUT2D eigenvalue weighted by atomic mass is 10.1. The number of benzene rings is 3. The standard InChI is InChI=1S/C22H21NO/c24-16-18-12-13-22-20(15-18)19-10-4-5-11-21(19)23(22)14-6-9-17-7-2-1-3-8-17/h1-5,7-8,10-13,15,24H,6,9,14,16H2. The number of aliphatic hydroxyl groups is 1. The summed E-state index contributed by atoms with van der Waals surface area (Å²) in [7, 11) is 0. The van der Waals surface area contributed by atoms with Crippen molar-refractivity contribution in [3.63, 3.8) is 0 Å². The molecule has 0 saturated carbocycles. The van der Waals surface area contributed by atoms with Gasteiger partial charge in [0.15, 0.2) is 0 Å². The maximum atomic E-state index is 9.44. The lowest BCUT2D eigenvalue weighted by Crippen LogP contribution is -1.99. The van der Waals surface area contributed by atoms with Crippen molar-refractivity contribution < 1.29 is 5.11 Å². The SMILES string of the molecule is OCc1ccc2c(c1)c1ccccc1n2CCCc1ccccc1. The second-order valence-electron chi connectivity index (χ2n) is 6.27. The van der Waals surface area contributed by atoms with E-state index in [2.05, 4.69) is 71.3 Å². The predicted molar refractivity (Wildman–Crippen MR) is 100 cm³/mol. The third kappa shape index (κ3) is 2.70. The van der Waals surface area contributed by atoms with Gasteiger partial charge in [0.05, 0.1) is 6.61 Å². The number of rotatable bonds is 5. The van der Waals surface area contributed by atoms with Gasteiger partial charge in [-0.25, -0.2) is 0 Å². The second kappa shape index (κ2) is 6.50. The van der Waals surface area contributed by atoms with Gasteiger partial charge in [0.25, 0.3) is 0 Å². The molecule has 0 saturated heterocycles. The molecule has 0 aliphatic heterocycles. The Kier molecular flexibility index (Phi) is 4.06. The average molecular weight is 315 g/mol. The Morgan fingerprint density at radius 3 is 2.29 bits per heavy atom. The van der Waals surface area contributed by atoms with Crippen LogP contribution in [0.3, 0.4) is 0 Å². The van der Waals surface area contributed by atoms with Crippen LogP contribution in [0.25, 0.3) is 21.8 Å². The monoisotopic (exact) mass is 315 g/mol. The summed E-state index contributed by atoms with van der Waals surface area (Å²) < 4.78 is 2.41. The molecule has 1 N–H and O–H groups in total. The molecule has 0 fully saturated rings. The van der Waals surface area contributed by atoms with E-state index < -0.39 is 0 Å². The summed E-state index contributed by atoms with van der Waals surface area (Å²) in [5, 5.41) is 11.9. The number of aryl methyl sites for hydroxylation is 2. The molecule has 2 nitrogen and oxygen atoms in total. The van der Waals surface area contributed by atoms with Crippen molar-refractivity contribution in [3.8, 4) is 0 Å². The van der Waals surface area contributed by atoms with Crippen molar-refractivity contribution in [2.45, 2.75) is 26.0 Å². The van der Waals surface area contributed by atoms with Gasteiger partial charge in [-0.1, -0.05) is 54.6 Å². The molecule has 0 unspecified atom stereocenters. The molecule has 4 aromatic rings. The molecule has 2 heteroatoms. The van der Waals surface area contributed by atoms with Crippen molar-refractivity contribution in [1.29, 1.82) is 0 Å². The fourth-order valence-corrected chi connectivity index (χ4v) is 3.53. The van der Waals surface area contributed by atoms with Gasteiger partial charge in [0.1, 0.15) is 0 Å². The molecule has 0 spiro atoms. The van der Waals surface area contributed by atoms with E-state index in [-0.39, 0.29) is 6.61 Å². The van der Waals surface area contributed by atoms with Crippen molar-refractivity contribution >= 4 is 21.8 Å². The zero-order chi connectivity index (χ0) is 16.4.